The lowest BCUT2D eigenvalue weighted by Crippen LogP contribution is -2.43. The van der Waals surface area contributed by atoms with E-state index >= 15 is 0 Å². The third-order valence-electron chi connectivity index (χ3n) is 5.56. The number of para-hydroxylation sites is 1. The monoisotopic (exact) mass is 368 g/mol. The van der Waals surface area contributed by atoms with Crippen LogP contribution in [0.2, 0.25) is 0 Å². The number of ether oxygens (including phenoxy) is 1. The van der Waals surface area contributed by atoms with Crippen LogP contribution in [0, 0.1) is 11.7 Å². The molecule has 2 aromatic rings. The molecule has 0 bridgehead atoms. The van der Waals surface area contributed by atoms with Crippen LogP contribution < -0.4 is 9.64 Å². The number of hydrogen-bond donors (Lipinski definition) is 0. The highest BCUT2D eigenvalue weighted by molar-refractivity contribution is 5.97. The first-order valence-electron chi connectivity index (χ1n) is 9.71. The highest BCUT2D eigenvalue weighted by atomic mass is 19.1. The van der Waals surface area contributed by atoms with E-state index in [1.807, 2.05) is 17.0 Å². The second-order valence-corrected chi connectivity index (χ2v) is 7.29. The van der Waals surface area contributed by atoms with Crippen molar-refractivity contribution >= 4 is 11.6 Å². The lowest BCUT2D eigenvalue weighted by Gasteiger charge is -2.33. The van der Waals surface area contributed by atoms with E-state index in [9.17, 15) is 9.18 Å². The molecule has 0 radical (unpaired) electrons. The van der Waals surface area contributed by atoms with Gasteiger partial charge in [0.2, 0.25) is 5.91 Å². The molecule has 0 atom stereocenters. The van der Waals surface area contributed by atoms with Gasteiger partial charge in [0.1, 0.15) is 18.2 Å². The number of likely N-dealkylation sites (tertiary alicyclic amines) is 1. The molecule has 0 aliphatic carbocycles. The van der Waals surface area contributed by atoms with E-state index in [2.05, 4.69) is 17.0 Å². The number of rotatable bonds is 5. The Morgan fingerprint density at radius 2 is 1.89 bits per heavy atom. The van der Waals surface area contributed by atoms with Gasteiger partial charge in [0, 0.05) is 30.8 Å². The highest BCUT2D eigenvalue weighted by Gasteiger charge is 2.32. The lowest BCUT2D eigenvalue weighted by atomic mass is 9.95. The maximum Gasteiger partial charge on any atom is 0.230 e. The molecule has 4 nitrogen and oxygen atoms in total. The molecule has 2 aliphatic heterocycles. The van der Waals surface area contributed by atoms with Crippen LogP contribution >= 0.6 is 0 Å². The highest BCUT2D eigenvalue weighted by Crippen LogP contribution is 2.30. The molecule has 0 unspecified atom stereocenters. The van der Waals surface area contributed by atoms with Gasteiger partial charge in [-0.15, -0.1) is 0 Å². The summed E-state index contributed by atoms with van der Waals surface area (Å²) in [6.45, 7) is 3.93. The average molecular weight is 368 g/mol. The number of piperidine rings is 1. The van der Waals surface area contributed by atoms with E-state index in [1.165, 1.54) is 17.7 Å². The van der Waals surface area contributed by atoms with Gasteiger partial charge in [-0.25, -0.2) is 4.39 Å². The first-order chi connectivity index (χ1) is 13.2. The van der Waals surface area contributed by atoms with Crippen molar-refractivity contribution in [1.29, 1.82) is 0 Å². The number of nitrogens with zero attached hydrogens (tertiary/aromatic N) is 2. The van der Waals surface area contributed by atoms with Gasteiger partial charge in [0.15, 0.2) is 0 Å². The van der Waals surface area contributed by atoms with E-state index < -0.39 is 0 Å². The number of fused-ring (bicyclic) bond motifs is 1. The Morgan fingerprint density at radius 3 is 2.70 bits per heavy atom. The summed E-state index contributed by atoms with van der Waals surface area (Å²) < 4.78 is 18.8. The van der Waals surface area contributed by atoms with Crippen LogP contribution in [0.15, 0.2) is 48.5 Å². The van der Waals surface area contributed by atoms with Crippen molar-refractivity contribution in [1.82, 2.24) is 4.90 Å². The van der Waals surface area contributed by atoms with Crippen LogP contribution in [0.3, 0.4) is 0 Å². The summed E-state index contributed by atoms with van der Waals surface area (Å²) in [7, 11) is 0. The largest absolute Gasteiger partial charge is 0.492 e. The van der Waals surface area contributed by atoms with Crippen molar-refractivity contribution < 1.29 is 13.9 Å². The summed E-state index contributed by atoms with van der Waals surface area (Å²) >= 11 is 0. The topological polar surface area (TPSA) is 32.8 Å². The Bertz CT molecular complexity index is 802. The SMILES string of the molecule is O=C(C1CCN(CCOc2cccc(F)c2)CC1)N1CCc2ccccc21. The summed E-state index contributed by atoms with van der Waals surface area (Å²) in [6.07, 6.45) is 2.73. The Labute approximate surface area is 159 Å². The molecule has 1 saturated heterocycles. The van der Waals surface area contributed by atoms with Crippen molar-refractivity contribution in [3.63, 3.8) is 0 Å². The third kappa shape index (κ3) is 4.14. The average Bonchev–Trinajstić information content (AvgIpc) is 3.12. The second kappa shape index (κ2) is 8.09. The number of halogens is 1. The Hall–Kier alpha value is -2.40. The summed E-state index contributed by atoms with van der Waals surface area (Å²) in [4.78, 5) is 17.2. The van der Waals surface area contributed by atoms with E-state index in [0.717, 1.165) is 51.1 Å². The number of benzene rings is 2. The minimum absolute atomic E-state index is 0.108. The first kappa shape index (κ1) is 18.0. The van der Waals surface area contributed by atoms with E-state index in [0.29, 0.717) is 12.4 Å². The molecular formula is C22H25FN2O2. The zero-order valence-electron chi connectivity index (χ0n) is 15.4. The van der Waals surface area contributed by atoms with Gasteiger partial charge in [-0.05, 0) is 56.1 Å². The minimum atomic E-state index is -0.282. The second-order valence-electron chi connectivity index (χ2n) is 7.29. The van der Waals surface area contributed by atoms with Crippen LogP contribution in [0.25, 0.3) is 0 Å². The van der Waals surface area contributed by atoms with Gasteiger partial charge >= 0.3 is 0 Å². The van der Waals surface area contributed by atoms with Crippen LogP contribution in [0.5, 0.6) is 5.75 Å². The number of hydrogen-bond acceptors (Lipinski definition) is 3. The number of carbonyl (C=O) groups is 1. The van der Waals surface area contributed by atoms with Crippen LogP contribution in [0.1, 0.15) is 18.4 Å². The maximum absolute atomic E-state index is 13.2. The predicted octanol–water partition coefficient (Wildman–Crippen LogP) is 3.51. The third-order valence-corrected chi connectivity index (χ3v) is 5.56. The van der Waals surface area contributed by atoms with Crippen molar-refractivity contribution in [3.05, 3.63) is 59.9 Å². The van der Waals surface area contributed by atoms with E-state index in [4.69, 9.17) is 4.74 Å². The molecule has 0 saturated carbocycles. The molecule has 1 fully saturated rings. The molecule has 2 heterocycles. The standard InChI is InChI=1S/C22H25FN2O2/c23-19-5-3-6-20(16-19)27-15-14-24-11-8-18(9-12-24)22(26)25-13-10-17-4-1-2-7-21(17)25/h1-7,16,18H,8-15H2. The number of amides is 1. The minimum Gasteiger partial charge on any atom is -0.492 e. The van der Waals surface area contributed by atoms with Gasteiger partial charge in [-0.3, -0.25) is 9.69 Å². The molecule has 142 valence electrons. The molecule has 0 spiro atoms. The Morgan fingerprint density at radius 1 is 1.07 bits per heavy atom. The zero-order valence-corrected chi connectivity index (χ0v) is 15.4. The number of anilines is 1. The fraction of sp³-hybridized carbons (Fsp3) is 0.409. The van der Waals surface area contributed by atoms with Crippen molar-refractivity contribution in [3.8, 4) is 5.75 Å². The van der Waals surface area contributed by atoms with Crippen LogP contribution in [0.4, 0.5) is 10.1 Å². The van der Waals surface area contributed by atoms with Crippen molar-refractivity contribution in [2.24, 2.45) is 5.92 Å². The van der Waals surface area contributed by atoms with Crippen LogP contribution in [-0.2, 0) is 11.2 Å². The fourth-order valence-corrected chi connectivity index (χ4v) is 4.04. The Balaban J connectivity index is 1.24. The molecule has 4 rings (SSSR count). The molecule has 27 heavy (non-hydrogen) atoms. The van der Waals surface area contributed by atoms with Gasteiger partial charge in [-0.1, -0.05) is 24.3 Å². The van der Waals surface area contributed by atoms with Gasteiger partial charge in [0.05, 0.1) is 0 Å². The van der Waals surface area contributed by atoms with Gasteiger partial charge < -0.3 is 9.64 Å². The fourth-order valence-electron chi connectivity index (χ4n) is 4.04. The summed E-state index contributed by atoms with van der Waals surface area (Å²) in [5, 5.41) is 0. The van der Waals surface area contributed by atoms with E-state index in [-0.39, 0.29) is 17.6 Å². The lowest BCUT2D eigenvalue weighted by molar-refractivity contribution is -0.123. The van der Waals surface area contributed by atoms with E-state index in [1.54, 1.807) is 12.1 Å². The summed E-state index contributed by atoms with van der Waals surface area (Å²) in [6, 6.07) is 14.4. The maximum atomic E-state index is 13.2. The molecule has 0 aromatic heterocycles. The molecule has 0 N–H and O–H groups in total. The molecule has 1 amide bonds. The summed E-state index contributed by atoms with van der Waals surface area (Å²) in [5.41, 5.74) is 2.37. The molecule has 5 heteroatoms. The quantitative estimate of drug-likeness (QED) is 0.810. The van der Waals surface area contributed by atoms with Crippen LogP contribution in [-0.4, -0.2) is 43.6 Å². The molecular weight excluding hydrogens is 343 g/mol. The van der Waals surface area contributed by atoms with Crippen molar-refractivity contribution in [2.45, 2.75) is 19.3 Å². The zero-order chi connectivity index (χ0) is 18.6. The number of carbonyl (C=O) groups excluding carboxylic acids is 1. The Kier molecular flexibility index (Phi) is 5.39. The summed E-state index contributed by atoms with van der Waals surface area (Å²) in [5.74, 6) is 0.662. The van der Waals surface area contributed by atoms with Gasteiger partial charge in [-0.2, -0.15) is 0 Å². The molecule has 2 aliphatic rings. The smallest absolute Gasteiger partial charge is 0.230 e. The van der Waals surface area contributed by atoms with Gasteiger partial charge in [0.25, 0.3) is 0 Å². The normalized spacial score (nSPS) is 17.7. The van der Waals surface area contributed by atoms with Crippen molar-refractivity contribution in [2.75, 3.05) is 37.7 Å². The predicted molar refractivity (Wildman–Crippen MR) is 104 cm³/mol. The molecule has 2 aromatic carbocycles. The first-order valence-corrected chi connectivity index (χ1v) is 9.71.